The molecule has 1 spiro atoms. The summed E-state index contributed by atoms with van der Waals surface area (Å²) >= 11 is 13.1. The van der Waals surface area contributed by atoms with Crippen LogP contribution in [0.4, 0.5) is 11.4 Å². The molecule has 6 rings (SSSR count). The molecule has 0 saturated carbocycles. The molecule has 0 fully saturated rings. The van der Waals surface area contributed by atoms with Crippen molar-refractivity contribution in [1.82, 2.24) is 0 Å². The summed E-state index contributed by atoms with van der Waals surface area (Å²) < 4.78 is 12.3. The van der Waals surface area contributed by atoms with Crippen LogP contribution in [0.1, 0.15) is 49.4 Å². The van der Waals surface area contributed by atoms with E-state index in [1.807, 2.05) is 12.1 Å². The second-order valence-electron chi connectivity index (χ2n) is 8.24. The molecule has 3 aliphatic rings. The van der Waals surface area contributed by atoms with Crippen LogP contribution in [0.3, 0.4) is 0 Å². The van der Waals surface area contributed by atoms with Crippen molar-refractivity contribution in [3.8, 4) is 11.5 Å². The number of aryl methyl sites for hydroxylation is 1. The number of halogens is 2. The average Bonchev–Trinajstić information content (AvgIpc) is 3.09. The summed E-state index contributed by atoms with van der Waals surface area (Å²) in [6.07, 6.45) is 1.80. The minimum atomic E-state index is -1.47. The number of hydrogen-bond acceptors (Lipinski definition) is 6. The van der Waals surface area contributed by atoms with Gasteiger partial charge in [-0.2, -0.15) is 0 Å². The summed E-state index contributed by atoms with van der Waals surface area (Å²) in [5, 5.41) is 12.8. The number of carbonyl (C=O) groups excluding carboxylic acids is 1. The third kappa shape index (κ3) is 2.63. The minimum absolute atomic E-state index is 0.0594. The Bertz CT molecular complexity index is 1420. The molecule has 1 atom stereocenters. The van der Waals surface area contributed by atoms with E-state index in [1.54, 1.807) is 18.2 Å². The first-order chi connectivity index (χ1) is 15.8. The number of carboxylic acids is 1. The zero-order valence-electron chi connectivity index (χ0n) is 17.0. The smallest absolute Gasteiger partial charge is 0.341 e. The lowest BCUT2D eigenvalue weighted by molar-refractivity contribution is 0.0224. The van der Waals surface area contributed by atoms with Crippen molar-refractivity contribution in [3.63, 3.8) is 0 Å². The van der Waals surface area contributed by atoms with Gasteiger partial charge in [0.05, 0.1) is 21.2 Å². The van der Waals surface area contributed by atoms with Gasteiger partial charge in [0.15, 0.2) is 5.60 Å². The van der Waals surface area contributed by atoms with Crippen molar-refractivity contribution < 1.29 is 24.2 Å². The molecule has 3 heterocycles. The second kappa shape index (κ2) is 6.79. The highest BCUT2D eigenvalue weighted by Crippen LogP contribution is 2.59. The molecule has 0 aromatic heterocycles. The van der Waals surface area contributed by atoms with Crippen molar-refractivity contribution in [2.75, 3.05) is 17.6 Å². The molecule has 0 radical (unpaired) electrons. The summed E-state index contributed by atoms with van der Waals surface area (Å²) in [4.78, 5) is 24.9. The number of fused-ring (bicyclic) bond motifs is 7. The normalized spacial score (nSPS) is 19.5. The molecule has 3 aliphatic heterocycles. The van der Waals surface area contributed by atoms with Crippen molar-refractivity contribution >= 4 is 46.5 Å². The Balaban J connectivity index is 1.74. The molecule has 0 bridgehead atoms. The number of esters is 1. The Morgan fingerprint density at radius 1 is 1.12 bits per heavy atom. The Kier molecular flexibility index (Phi) is 4.16. The number of carboxylic acid groups (broad SMARTS) is 1. The fourth-order valence-corrected chi connectivity index (χ4v) is 5.62. The van der Waals surface area contributed by atoms with Gasteiger partial charge in [0.25, 0.3) is 0 Å². The van der Waals surface area contributed by atoms with Crippen LogP contribution in [0.5, 0.6) is 11.5 Å². The molecular formula is C24H16Cl2N2O5. The number of carbonyl (C=O) groups is 2. The largest absolute Gasteiger partial charge is 0.478 e. The van der Waals surface area contributed by atoms with Crippen LogP contribution < -0.4 is 15.8 Å². The quantitative estimate of drug-likeness (QED) is 0.322. The highest BCUT2D eigenvalue weighted by Gasteiger charge is 2.56. The third-order valence-corrected chi connectivity index (χ3v) is 7.07. The van der Waals surface area contributed by atoms with E-state index in [1.165, 1.54) is 6.07 Å². The Labute approximate surface area is 198 Å². The SMILES string of the molecule is Nc1ccc2c(c1)Oc1cc3c(cc1C21OC(=O)c2c(Cl)c(C(=O)O)cc(Cl)c21)CCCN3. The molecule has 4 N–H and O–H groups in total. The number of nitrogens with one attached hydrogen (secondary N) is 1. The van der Waals surface area contributed by atoms with Crippen LogP contribution in [0.25, 0.3) is 0 Å². The lowest BCUT2D eigenvalue weighted by atomic mass is 9.76. The maximum absolute atomic E-state index is 13.2. The van der Waals surface area contributed by atoms with Crippen LogP contribution in [0.2, 0.25) is 10.0 Å². The van der Waals surface area contributed by atoms with E-state index in [-0.39, 0.29) is 21.2 Å². The Morgan fingerprint density at radius 2 is 1.91 bits per heavy atom. The molecule has 0 amide bonds. The van der Waals surface area contributed by atoms with Crippen molar-refractivity contribution in [2.24, 2.45) is 0 Å². The van der Waals surface area contributed by atoms with Crippen LogP contribution in [-0.2, 0) is 16.8 Å². The maximum Gasteiger partial charge on any atom is 0.341 e. The molecule has 9 heteroatoms. The summed E-state index contributed by atoms with van der Waals surface area (Å²) in [6, 6.07) is 10.1. The first-order valence-corrected chi connectivity index (χ1v) is 11.0. The van der Waals surface area contributed by atoms with Crippen LogP contribution in [0, 0.1) is 0 Å². The van der Waals surface area contributed by atoms with E-state index < -0.39 is 17.5 Å². The van der Waals surface area contributed by atoms with Gasteiger partial charge < -0.3 is 25.6 Å². The van der Waals surface area contributed by atoms with Crippen molar-refractivity contribution in [2.45, 2.75) is 18.4 Å². The molecule has 0 saturated heterocycles. The van der Waals surface area contributed by atoms with Crippen LogP contribution in [-0.4, -0.2) is 23.6 Å². The number of benzene rings is 3. The lowest BCUT2D eigenvalue weighted by Gasteiger charge is -2.38. The highest BCUT2D eigenvalue weighted by atomic mass is 35.5. The number of rotatable bonds is 1. The summed E-state index contributed by atoms with van der Waals surface area (Å²) in [5.41, 5.74) is 8.10. The number of hydrogen-bond donors (Lipinski definition) is 3. The summed E-state index contributed by atoms with van der Waals surface area (Å²) in [6.45, 7) is 0.845. The Hall–Kier alpha value is -3.42. The van der Waals surface area contributed by atoms with E-state index in [0.29, 0.717) is 33.9 Å². The lowest BCUT2D eigenvalue weighted by Crippen LogP contribution is -2.34. The number of anilines is 2. The van der Waals surface area contributed by atoms with E-state index in [4.69, 9.17) is 38.4 Å². The second-order valence-corrected chi connectivity index (χ2v) is 9.02. The molecule has 1 unspecified atom stereocenters. The highest BCUT2D eigenvalue weighted by molar-refractivity contribution is 6.39. The van der Waals surface area contributed by atoms with Gasteiger partial charge in [0.2, 0.25) is 0 Å². The predicted molar refractivity (Wildman–Crippen MR) is 123 cm³/mol. The number of nitrogens with two attached hydrogens (primary N) is 1. The van der Waals surface area contributed by atoms with Gasteiger partial charge in [0, 0.05) is 46.7 Å². The van der Waals surface area contributed by atoms with Crippen molar-refractivity contribution in [1.29, 1.82) is 0 Å². The number of aromatic carboxylic acids is 1. The zero-order chi connectivity index (χ0) is 23.1. The molecule has 7 nitrogen and oxygen atoms in total. The van der Waals surface area contributed by atoms with Gasteiger partial charge >= 0.3 is 11.9 Å². The van der Waals surface area contributed by atoms with E-state index in [2.05, 4.69) is 5.32 Å². The van der Waals surface area contributed by atoms with E-state index in [9.17, 15) is 14.7 Å². The molecule has 3 aromatic rings. The standard InChI is InChI=1S/C24H16Cl2N2O5/c25-15-8-12(22(29)30)21(26)19-20(15)24(33-23(19)31)13-4-3-11(27)7-17(13)32-18-9-16-10(6-14(18)24)2-1-5-28-16/h3-4,6-9,28H,1-2,5,27H2,(H,29,30). The maximum atomic E-state index is 13.2. The zero-order valence-corrected chi connectivity index (χ0v) is 18.5. The summed E-state index contributed by atoms with van der Waals surface area (Å²) in [7, 11) is 0. The monoisotopic (exact) mass is 482 g/mol. The molecule has 3 aromatic carbocycles. The topological polar surface area (TPSA) is 111 Å². The van der Waals surface area contributed by atoms with Crippen LogP contribution >= 0.6 is 23.2 Å². The fourth-order valence-electron chi connectivity index (χ4n) is 4.97. The van der Waals surface area contributed by atoms with E-state index >= 15 is 0 Å². The van der Waals surface area contributed by atoms with Crippen LogP contribution in [0.15, 0.2) is 36.4 Å². The van der Waals surface area contributed by atoms with Gasteiger partial charge in [-0.1, -0.05) is 23.2 Å². The van der Waals surface area contributed by atoms with E-state index in [0.717, 1.165) is 30.6 Å². The van der Waals surface area contributed by atoms with Gasteiger partial charge in [-0.25, -0.2) is 9.59 Å². The van der Waals surface area contributed by atoms with Gasteiger partial charge in [0.1, 0.15) is 11.5 Å². The first kappa shape index (κ1) is 20.2. The fraction of sp³-hybridized carbons (Fsp3) is 0.167. The Morgan fingerprint density at radius 3 is 2.70 bits per heavy atom. The van der Waals surface area contributed by atoms with Gasteiger partial charge in [-0.3, -0.25) is 0 Å². The molecule has 33 heavy (non-hydrogen) atoms. The third-order valence-electron chi connectivity index (χ3n) is 6.38. The molecular weight excluding hydrogens is 467 g/mol. The molecule has 0 aliphatic carbocycles. The van der Waals surface area contributed by atoms with Crippen molar-refractivity contribution in [3.05, 3.63) is 79.8 Å². The van der Waals surface area contributed by atoms with Gasteiger partial charge in [-0.05, 0) is 42.7 Å². The average molecular weight is 483 g/mol. The summed E-state index contributed by atoms with van der Waals surface area (Å²) in [5.74, 6) is -1.16. The molecule has 166 valence electrons. The van der Waals surface area contributed by atoms with Gasteiger partial charge in [-0.15, -0.1) is 0 Å². The first-order valence-electron chi connectivity index (χ1n) is 10.3. The minimum Gasteiger partial charge on any atom is -0.478 e. The predicted octanol–water partition coefficient (Wildman–Crippen LogP) is 5.20. The number of nitrogen functional groups attached to an aromatic ring is 1. The number of ether oxygens (including phenoxy) is 2.